The van der Waals surface area contributed by atoms with Crippen LogP contribution in [0.25, 0.3) is 0 Å². The van der Waals surface area contributed by atoms with Crippen molar-refractivity contribution in [2.75, 3.05) is 13.7 Å². The highest BCUT2D eigenvalue weighted by Crippen LogP contribution is 2.30. The van der Waals surface area contributed by atoms with Gasteiger partial charge < -0.3 is 9.47 Å². The Hall–Kier alpha value is -2.79. The number of carbonyl (C=O) groups is 1. The monoisotopic (exact) mass is 404 g/mol. The Morgan fingerprint density at radius 2 is 1.70 bits per heavy atom. The molecule has 2 N–H and O–H groups in total. The lowest BCUT2D eigenvalue weighted by atomic mass is 10.2. The Morgan fingerprint density at radius 3 is 2.30 bits per heavy atom. The number of hydrogen-bond acceptors (Lipinski definition) is 5. The second-order valence-corrected chi connectivity index (χ2v) is 6.83. The SMILES string of the molecule is COc1ccc(OCC(=O)NNS(=O)(=O)c2cccc(C(F)(F)F)c2)cc1. The molecule has 0 aliphatic carbocycles. The lowest BCUT2D eigenvalue weighted by molar-refractivity contribution is -0.137. The molecule has 1 amide bonds. The van der Waals surface area contributed by atoms with Crippen molar-refractivity contribution in [3.63, 3.8) is 0 Å². The number of rotatable bonds is 7. The molecule has 2 aromatic rings. The second-order valence-electron chi connectivity index (χ2n) is 5.14. The third-order valence-corrected chi connectivity index (χ3v) is 4.47. The Kier molecular flexibility index (Phi) is 6.28. The summed E-state index contributed by atoms with van der Waals surface area (Å²) in [6, 6.07) is 9.40. The molecule has 2 rings (SSSR count). The van der Waals surface area contributed by atoms with Gasteiger partial charge in [0.15, 0.2) is 6.61 Å². The number of alkyl halides is 3. The maximum atomic E-state index is 12.7. The molecular weight excluding hydrogens is 389 g/mol. The number of ether oxygens (including phenoxy) is 2. The van der Waals surface area contributed by atoms with Crippen molar-refractivity contribution in [1.29, 1.82) is 0 Å². The fourth-order valence-corrected chi connectivity index (χ4v) is 2.79. The number of carbonyl (C=O) groups excluding carboxylic acids is 1. The van der Waals surface area contributed by atoms with Crippen LogP contribution in [0.15, 0.2) is 53.4 Å². The van der Waals surface area contributed by atoms with Crippen molar-refractivity contribution >= 4 is 15.9 Å². The fraction of sp³-hybridized carbons (Fsp3) is 0.188. The lowest BCUT2D eigenvalue weighted by Crippen LogP contribution is -2.43. The van der Waals surface area contributed by atoms with Gasteiger partial charge >= 0.3 is 6.18 Å². The van der Waals surface area contributed by atoms with Crippen LogP contribution in [-0.4, -0.2) is 28.0 Å². The molecule has 7 nitrogen and oxygen atoms in total. The van der Waals surface area contributed by atoms with Crippen LogP contribution < -0.4 is 19.7 Å². The zero-order valence-electron chi connectivity index (χ0n) is 13.9. The molecule has 0 fully saturated rings. The second kappa shape index (κ2) is 8.27. The Bertz CT molecular complexity index is 899. The van der Waals surface area contributed by atoms with E-state index in [0.717, 1.165) is 18.2 Å². The number of methoxy groups -OCH3 is 1. The van der Waals surface area contributed by atoms with Gasteiger partial charge in [-0.15, -0.1) is 4.83 Å². The zero-order chi connectivity index (χ0) is 20.1. The molecule has 27 heavy (non-hydrogen) atoms. The highest BCUT2D eigenvalue weighted by atomic mass is 32.2. The predicted octanol–water partition coefficient (Wildman–Crippen LogP) is 2.10. The van der Waals surface area contributed by atoms with E-state index in [1.807, 2.05) is 5.43 Å². The van der Waals surface area contributed by atoms with Gasteiger partial charge in [0.25, 0.3) is 15.9 Å². The van der Waals surface area contributed by atoms with E-state index in [-0.39, 0.29) is 0 Å². The molecule has 11 heteroatoms. The van der Waals surface area contributed by atoms with E-state index >= 15 is 0 Å². The zero-order valence-corrected chi connectivity index (χ0v) is 14.7. The van der Waals surface area contributed by atoms with Gasteiger partial charge in [-0.1, -0.05) is 6.07 Å². The van der Waals surface area contributed by atoms with Crippen LogP contribution in [0.2, 0.25) is 0 Å². The van der Waals surface area contributed by atoms with Gasteiger partial charge in [0.1, 0.15) is 11.5 Å². The molecule has 146 valence electrons. The van der Waals surface area contributed by atoms with Crippen molar-refractivity contribution in [3.05, 3.63) is 54.1 Å². The fourth-order valence-electron chi connectivity index (χ4n) is 1.88. The number of hydrazine groups is 1. The van der Waals surface area contributed by atoms with Crippen molar-refractivity contribution < 1.29 is 35.9 Å². The number of amides is 1. The summed E-state index contributed by atoms with van der Waals surface area (Å²) in [6.45, 7) is -0.516. The van der Waals surface area contributed by atoms with E-state index < -0.39 is 39.2 Å². The minimum Gasteiger partial charge on any atom is -0.497 e. The van der Waals surface area contributed by atoms with Gasteiger partial charge in [0, 0.05) is 0 Å². The van der Waals surface area contributed by atoms with Crippen LogP contribution >= 0.6 is 0 Å². The van der Waals surface area contributed by atoms with Crippen molar-refractivity contribution in [2.24, 2.45) is 0 Å². The van der Waals surface area contributed by atoms with E-state index in [0.29, 0.717) is 17.6 Å². The molecular formula is C16H15F3N2O5S. The average molecular weight is 404 g/mol. The third kappa shape index (κ3) is 5.86. The first-order valence-corrected chi connectivity index (χ1v) is 8.85. The molecule has 0 aliphatic rings. The topological polar surface area (TPSA) is 93.7 Å². The minimum atomic E-state index is -4.69. The summed E-state index contributed by atoms with van der Waals surface area (Å²) >= 11 is 0. The molecule has 0 unspecified atom stereocenters. The highest BCUT2D eigenvalue weighted by molar-refractivity contribution is 7.89. The molecule has 0 spiro atoms. The van der Waals surface area contributed by atoms with Gasteiger partial charge in [-0.3, -0.25) is 10.2 Å². The smallest absolute Gasteiger partial charge is 0.416 e. The summed E-state index contributed by atoms with van der Waals surface area (Å²) < 4.78 is 72.1. The summed E-state index contributed by atoms with van der Waals surface area (Å²) in [5.74, 6) is 0.0775. The van der Waals surface area contributed by atoms with E-state index in [1.54, 1.807) is 29.1 Å². The average Bonchev–Trinajstić information content (AvgIpc) is 2.64. The normalized spacial score (nSPS) is 11.7. The number of benzene rings is 2. The van der Waals surface area contributed by atoms with Gasteiger partial charge in [-0.2, -0.15) is 13.2 Å². The Morgan fingerprint density at radius 1 is 1.07 bits per heavy atom. The standard InChI is InChI=1S/C16H15F3N2O5S/c1-25-12-5-7-13(8-6-12)26-10-15(22)20-21-27(23,24)14-4-2-3-11(9-14)16(17,18)19/h2-9,21H,10H2,1H3,(H,20,22). The van der Waals surface area contributed by atoms with Gasteiger partial charge in [0.2, 0.25) is 0 Å². The van der Waals surface area contributed by atoms with Crippen LogP contribution in [0.5, 0.6) is 11.5 Å². The molecule has 0 heterocycles. The maximum Gasteiger partial charge on any atom is 0.416 e. The summed E-state index contributed by atoms with van der Waals surface area (Å²) in [5.41, 5.74) is 0.739. The summed E-state index contributed by atoms with van der Waals surface area (Å²) in [4.78, 5) is 12.7. The molecule has 0 aromatic heterocycles. The van der Waals surface area contributed by atoms with Crippen LogP contribution in [0.4, 0.5) is 13.2 Å². The van der Waals surface area contributed by atoms with Gasteiger partial charge in [-0.05, 0) is 42.5 Å². The first-order valence-electron chi connectivity index (χ1n) is 7.36. The summed E-state index contributed by atoms with van der Waals surface area (Å²) in [7, 11) is -2.90. The van der Waals surface area contributed by atoms with E-state index in [4.69, 9.17) is 9.47 Å². The lowest BCUT2D eigenvalue weighted by Gasteiger charge is -2.11. The van der Waals surface area contributed by atoms with E-state index in [9.17, 15) is 26.4 Å². The van der Waals surface area contributed by atoms with Crippen LogP contribution in [-0.2, 0) is 21.0 Å². The molecule has 0 bridgehead atoms. The molecule has 0 saturated heterocycles. The molecule has 2 aromatic carbocycles. The van der Waals surface area contributed by atoms with Crippen LogP contribution in [0.1, 0.15) is 5.56 Å². The maximum absolute atomic E-state index is 12.7. The molecule has 0 radical (unpaired) electrons. The van der Waals surface area contributed by atoms with Crippen molar-refractivity contribution in [1.82, 2.24) is 10.3 Å². The number of halogens is 3. The van der Waals surface area contributed by atoms with E-state index in [2.05, 4.69) is 0 Å². The summed E-state index contributed by atoms with van der Waals surface area (Å²) in [5, 5.41) is 0. The minimum absolute atomic E-state index is 0.340. The first kappa shape index (κ1) is 20.5. The molecule has 0 aliphatic heterocycles. The van der Waals surface area contributed by atoms with Crippen molar-refractivity contribution in [2.45, 2.75) is 11.1 Å². The molecule has 0 saturated carbocycles. The van der Waals surface area contributed by atoms with Crippen LogP contribution in [0.3, 0.4) is 0 Å². The predicted molar refractivity (Wildman–Crippen MR) is 88.4 cm³/mol. The largest absolute Gasteiger partial charge is 0.497 e. The first-order chi connectivity index (χ1) is 12.6. The quantitative estimate of drug-likeness (QED) is 0.690. The number of hydrogen-bond donors (Lipinski definition) is 2. The van der Waals surface area contributed by atoms with Gasteiger partial charge in [0.05, 0.1) is 17.6 Å². The molecule has 0 atom stereocenters. The Labute approximate surface area is 153 Å². The number of sulfonamides is 1. The van der Waals surface area contributed by atoms with Crippen molar-refractivity contribution in [3.8, 4) is 11.5 Å². The highest BCUT2D eigenvalue weighted by Gasteiger charge is 2.31. The van der Waals surface area contributed by atoms with E-state index in [1.165, 1.54) is 7.11 Å². The summed E-state index contributed by atoms with van der Waals surface area (Å²) in [6.07, 6.45) is -4.69. The van der Waals surface area contributed by atoms with Gasteiger partial charge in [-0.25, -0.2) is 8.42 Å². The Balaban J connectivity index is 1.93. The third-order valence-electron chi connectivity index (χ3n) is 3.23. The van der Waals surface area contributed by atoms with Crippen LogP contribution in [0, 0.1) is 0 Å². The number of nitrogens with one attached hydrogen (secondary N) is 2.